The number of nitrogens with one attached hydrogen (secondary N) is 1. The summed E-state index contributed by atoms with van der Waals surface area (Å²) in [6.45, 7) is 2.30. The van der Waals surface area contributed by atoms with Gasteiger partial charge in [-0.05, 0) is 13.0 Å². The minimum atomic E-state index is -1.20. The molecule has 0 radical (unpaired) electrons. The number of hydrogen-bond acceptors (Lipinski definition) is 2. The van der Waals surface area contributed by atoms with E-state index in [4.69, 9.17) is 5.73 Å². The molecule has 5 heteroatoms. The van der Waals surface area contributed by atoms with Gasteiger partial charge in [0.25, 0.3) is 0 Å². The van der Waals surface area contributed by atoms with Crippen LogP contribution in [0, 0.1) is 29.3 Å². The first-order valence-electron chi connectivity index (χ1n) is 5.57. The largest absolute Gasteiger partial charge is 0.329 e. The lowest BCUT2D eigenvalue weighted by molar-refractivity contribution is 0.469. The van der Waals surface area contributed by atoms with Crippen LogP contribution in [0.3, 0.4) is 0 Å². The minimum Gasteiger partial charge on any atom is -0.329 e. The molecule has 1 rings (SSSR count). The third-order valence-corrected chi connectivity index (χ3v) is 2.47. The molecule has 0 spiro atoms. The Bertz CT molecular complexity index is 463. The molecule has 0 aliphatic carbocycles. The summed E-state index contributed by atoms with van der Waals surface area (Å²) in [6.07, 6.45) is 0.582. The van der Waals surface area contributed by atoms with E-state index in [-0.39, 0.29) is 12.1 Å². The van der Waals surface area contributed by atoms with E-state index in [9.17, 15) is 13.2 Å². The maximum atomic E-state index is 13.5. The van der Waals surface area contributed by atoms with Crippen molar-refractivity contribution in [2.24, 2.45) is 5.73 Å². The molecule has 0 saturated heterocycles. The first kappa shape index (κ1) is 14.6. The highest BCUT2D eigenvalue weighted by Crippen LogP contribution is 2.19. The van der Waals surface area contributed by atoms with Crippen LogP contribution in [-0.2, 0) is 0 Å². The van der Waals surface area contributed by atoms with Gasteiger partial charge >= 0.3 is 0 Å². The van der Waals surface area contributed by atoms with Gasteiger partial charge in [0.15, 0.2) is 11.6 Å². The van der Waals surface area contributed by atoms with E-state index in [1.54, 1.807) is 6.92 Å². The summed E-state index contributed by atoms with van der Waals surface area (Å²) in [5.74, 6) is 2.46. The van der Waals surface area contributed by atoms with Crippen molar-refractivity contribution < 1.29 is 13.2 Å². The molecule has 1 unspecified atom stereocenters. The Labute approximate surface area is 104 Å². The number of rotatable bonds is 5. The van der Waals surface area contributed by atoms with Gasteiger partial charge in [-0.25, -0.2) is 13.2 Å². The van der Waals surface area contributed by atoms with Gasteiger partial charge in [-0.3, -0.25) is 0 Å². The molecule has 0 saturated carbocycles. The lowest BCUT2D eigenvalue weighted by atomic mass is 10.1. The maximum absolute atomic E-state index is 13.5. The molecule has 1 atom stereocenters. The summed E-state index contributed by atoms with van der Waals surface area (Å²) in [4.78, 5) is 0. The highest BCUT2D eigenvalue weighted by atomic mass is 19.2. The third-order valence-electron chi connectivity index (χ3n) is 2.47. The van der Waals surface area contributed by atoms with Gasteiger partial charge in [-0.2, -0.15) is 0 Å². The molecule has 3 N–H and O–H groups in total. The van der Waals surface area contributed by atoms with E-state index >= 15 is 0 Å². The molecule has 0 amide bonds. The van der Waals surface area contributed by atoms with E-state index in [0.717, 1.165) is 6.07 Å². The van der Waals surface area contributed by atoms with Crippen LogP contribution >= 0.6 is 0 Å². The molecule has 2 nitrogen and oxygen atoms in total. The second-order valence-corrected chi connectivity index (χ2v) is 3.71. The quantitative estimate of drug-likeness (QED) is 0.481. The van der Waals surface area contributed by atoms with Crippen molar-refractivity contribution in [3.8, 4) is 11.8 Å². The summed E-state index contributed by atoms with van der Waals surface area (Å²) in [5.41, 5.74) is 5.52. The normalized spacial score (nSPS) is 11.8. The van der Waals surface area contributed by atoms with Gasteiger partial charge in [0.2, 0.25) is 0 Å². The van der Waals surface area contributed by atoms with Crippen LogP contribution in [0.1, 0.15) is 24.9 Å². The molecular weight excluding hydrogens is 241 g/mol. The first-order chi connectivity index (χ1) is 8.60. The van der Waals surface area contributed by atoms with E-state index in [1.807, 2.05) is 0 Å². The summed E-state index contributed by atoms with van der Waals surface area (Å²) in [6, 6.07) is 0.806. The molecule has 0 aliphatic rings. The van der Waals surface area contributed by atoms with Crippen LogP contribution in [0.4, 0.5) is 13.2 Å². The molecule has 18 heavy (non-hydrogen) atoms. The molecule has 98 valence electrons. The zero-order valence-corrected chi connectivity index (χ0v) is 10.1. The van der Waals surface area contributed by atoms with Crippen LogP contribution in [-0.4, -0.2) is 13.1 Å². The fourth-order valence-corrected chi connectivity index (χ4v) is 1.56. The fraction of sp³-hybridized carbons (Fsp3) is 0.385. The monoisotopic (exact) mass is 256 g/mol. The number of benzene rings is 1. The van der Waals surface area contributed by atoms with Crippen LogP contribution in [0.15, 0.2) is 12.1 Å². The van der Waals surface area contributed by atoms with E-state index in [0.29, 0.717) is 19.0 Å². The molecule has 0 aromatic heterocycles. The Balaban J connectivity index is 2.80. The third kappa shape index (κ3) is 3.76. The van der Waals surface area contributed by atoms with E-state index in [2.05, 4.69) is 17.2 Å². The maximum Gasteiger partial charge on any atom is 0.161 e. The summed E-state index contributed by atoms with van der Waals surface area (Å²) in [7, 11) is 0. The molecule has 0 bridgehead atoms. The van der Waals surface area contributed by atoms with Crippen molar-refractivity contribution in [1.29, 1.82) is 0 Å². The van der Waals surface area contributed by atoms with Crippen molar-refractivity contribution in [3.05, 3.63) is 35.1 Å². The van der Waals surface area contributed by atoms with Crippen LogP contribution in [0.25, 0.3) is 0 Å². The smallest absolute Gasteiger partial charge is 0.161 e. The molecule has 0 fully saturated rings. The molecular formula is C13H15F3N2. The number of hydrogen-bond donors (Lipinski definition) is 2. The summed E-state index contributed by atoms with van der Waals surface area (Å²) in [5, 5.41) is 2.95. The average Bonchev–Trinajstić information content (AvgIpc) is 2.35. The lowest BCUT2D eigenvalue weighted by Crippen LogP contribution is -2.29. The van der Waals surface area contributed by atoms with Gasteiger partial charge in [0.05, 0.1) is 0 Å². The minimum absolute atomic E-state index is 0.0286. The molecule has 0 aliphatic heterocycles. The number of nitrogens with two attached hydrogens (primary N) is 1. The Morgan fingerprint density at radius 3 is 2.50 bits per heavy atom. The van der Waals surface area contributed by atoms with E-state index in [1.165, 1.54) is 0 Å². The standard InChI is InChI=1S/C13H15F3N2/c1-2-3-4-5-18-13(8-17)9-6-11(15)12(16)7-10(9)14/h6-7,13,18H,4-5,8,17H2,1H3. The van der Waals surface area contributed by atoms with Crippen LogP contribution in [0.5, 0.6) is 0 Å². The first-order valence-corrected chi connectivity index (χ1v) is 5.57. The van der Waals surface area contributed by atoms with Gasteiger partial charge in [-0.15, -0.1) is 11.8 Å². The van der Waals surface area contributed by atoms with Crippen molar-refractivity contribution in [2.45, 2.75) is 19.4 Å². The predicted molar refractivity (Wildman–Crippen MR) is 64.2 cm³/mol. The van der Waals surface area contributed by atoms with Crippen molar-refractivity contribution in [3.63, 3.8) is 0 Å². The van der Waals surface area contributed by atoms with Gasteiger partial charge in [0, 0.05) is 37.2 Å². The Kier molecular flexibility index (Phi) is 5.69. The fourth-order valence-electron chi connectivity index (χ4n) is 1.56. The SMILES string of the molecule is CC#CCCNC(CN)c1cc(F)c(F)cc1F. The molecule has 1 aromatic rings. The van der Waals surface area contributed by atoms with E-state index < -0.39 is 23.5 Å². The average molecular weight is 256 g/mol. The zero-order chi connectivity index (χ0) is 13.5. The van der Waals surface area contributed by atoms with Gasteiger partial charge in [-0.1, -0.05) is 0 Å². The molecule has 1 aromatic carbocycles. The lowest BCUT2D eigenvalue weighted by Gasteiger charge is -2.17. The Hall–Kier alpha value is -1.51. The van der Waals surface area contributed by atoms with Crippen molar-refractivity contribution in [1.82, 2.24) is 5.32 Å². The topological polar surface area (TPSA) is 38.0 Å². The summed E-state index contributed by atoms with van der Waals surface area (Å²) < 4.78 is 39.4. The highest BCUT2D eigenvalue weighted by Gasteiger charge is 2.17. The van der Waals surface area contributed by atoms with Gasteiger partial charge in [0.1, 0.15) is 5.82 Å². The molecule has 0 heterocycles. The zero-order valence-electron chi connectivity index (χ0n) is 10.1. The Morgan fingerprint density at radius 2 is 1.89 bits per heavy atom. The van der Waals surface area contributed by atoms with Gasteiger partial charge < -0.3 is 11.1 Å². The van der Waals surface area contributed by atoms with Crippen molar-refractivity contribution in [2.75, 3.05) is 13.1 Å². The van der Waals surface area contributed by atoms with Crippen LogP contribution in [0.2, 0.25) is 0 Å². The second kappa shape index (κ2) is 7.04. The number of halogens is 3. The van der Waals surface area contributed by atoms with Crippen LogP contribution < -0.4 is 11.1 Å². The summed E-state index contributed by atoms with van der Waals surface area (Å²) >= 11 is 0. The van der Waals surface area contributed by atoms with Crippen molar-refractivity contribution >= 4 is 0 Å². The second-order valence-electron chi connectivity index (χ2n) is 3.71. The predicted octanol–water partition coefficient (Wildman–Crippen LogP) is 2.11. The Morgan fingerprint density at radius 1 is 1.22 bits per heavy atom. The highest BCUT2D eigenvalue weighted by molar-refractivity contribution is 5.23.